The molecule has 2 heterocycles. The Morgan fingerprint density at radius 3 is 2.59 bits per heavy atom. The second-order valence-corrected chi connectivity index (χ2v) is 9.43. The Morgan fingerprint density at radius 1 is 1.24 bits per heavy atom. The number of carbonyl (C=O) groups excluding carboxylic acids is 2. The van der Waals surface area contributed by atoms with Crippen molar-refractivity contribution in [2.75, 3.05) is 32.3 Å². The summed E-state index contributed by atoms with van der Waals surface area (Å²) in [4.78, 5) is 38.9. The van der Waals surface area contributed by atoms with Crippen molar-refractivity contribution in [3.05, 3.63) is 62.5 Å². The number of pyridine rings is 1. The normalized spacial score (nSPS) is 10.9. The van der Waals surface area contributed by atoms with Gasteiger partial charge < -0.3 is 14.8 Å². The highest BCUT2D eigenvalue weighted by atomic mass is 32.1. The molecular formula is C24H27F2N5O5S. The van der Waals surface area contributed by atoms with Gasteiger partial charge in [0.25, 0.3) is 5.91 Å². The van der Waals surface area contributed by atoms with Gasteiger partial charge in [0.2, 0.25) is 5.43 Å². The van der Waals surface area contributed by atoms with E-state index >= 15 is 0 Å². The first-order valence-corrected chi connectivity index (χ1v) is 12.2. The topological polar surface area (TPSA) is 116 Å². The van der Waals surface area contributed by atoms with E-state index in [1.165, 1.54) is 26.4 Å². The number of nitrogens with one attached hydrogen (secondary N) is 1. The Morgan fingerprint density at radius 2 is 1.97 bits per heavy atom. The summed E-state index contributed by atoms with van der Waals surface area (Å²) in [6.45, 7) is 5.86. The van der Waals surface area contributed by atoms with Gasteiger partial charge in [-0.3, -0.25) is 9.59 Å². The van der Waals surface area contributed by atoms with Crippen molar-refractivity contribution in [3.63, 3.8) is 0 Å². The lowest BCUT2D eigenvalue weighted by atomic mass is 10.1. The van der Waals surface area contributed by atoms with Crippen molar-refractivity contribution in [1.29, 1.82) is 0 Å². The average molecular weight is 536 g/mol. The van der Waals surface area contributed by atoms with E-state index in [0.29, 0.717) is 5.01 Å². The number of ether oxygens (including phenoxy) is 2. The molecule has 10 nitrogen and oxygen atoms in total. The number of hydrogen-bond acceptors (Lipinski definition) is 8. The van der Waals surface area contributed by atoms with Gasteiger partial charge in [-0.1, -0.05) is 31.3 Å². The molecule has 2 amide bonds. The molecule has 1 aromatic carbocycles. The first-order chi connectivity index (χ1) is 17.6. The molecule has 3 rings (SSSR count). The van der Waals surface area contributed by atoms with Gasteiger partial charge in [0.05, 0.1) is 19.3 Å². The molecule has 3 aromatic rings. The number of aromatic nitrogens is 3. The number of halogens is 2. The Hall–Kier alpha value is -3.87. The minimum absolute atomic E-state index is 0.00302. The zero-order valence-electron chi connectivity index (χ0n) is 21.0. The molecule has 37 heavy (non-hydrogen) atoms. The minimum Gasteiger partial charge on any atom is -0.491 e. The quantitative estimate of drug-likeness (QED) is 0.447. The van der Waals surface area contributed by atoms with Crippen LogP contribution in [0.5, 0.6) is 5.75 Å². The molecule has 13 heteroatoms. The molecule has 0 aliphatic rings. The van der Waals surface area contributed by atoms with Crippen molar-refractivity contribution in [1.82, 2.24) is 20.2 Å². The van der Waals surface area contributed by atoms with Crippen LogP contribution in [-0.4, -0.2) is 54.2 Å². The molecule has 0 aliphatic heterocycles. The number of benzene rings is 1. The Balaban J connectivity index is 2.09. The third-order valence-corrected chi connectivity index (χ3v) is 6.04. The maximum absolute atomic E-state index is 14.1. The number of hydrogen-bond donors (Lipinski definition) is 1. The van der Waals surface area contributed by atoms with Crippen LogP contribution < -0.4 is 20.5 Å². The molecular weight excluding hydrogens is 508 g/mol. The molecule has 2 aromatic heterocycles. The van der Waals surface area contributed by atoms with Crippen LogP contribution in [0.15, 0.2) is 29.2 Å². The van der Waals surface area contributed by atoms with Crippen LogP contribution in [0.4, 0.5) is 13.6 Å². The van der Waals surface area contributed by atoms with E-state index in [-0.39, 0.29) is 53.1 Å². The van der Waals surface area contributed by atoms with E-state index in [1.807, 2.05) is 13.8 Å². The van der Waals surface area contributed by atoms with Gasteiger partial charge >= 0.3 is 6.09 Å². The van der Waals surface area contributed by atoms with E-state index in [9.17, 15) is 23.2 Å². The minimum atomic E-state index is -0.763. The van der Waals surface area contributed by atoms with Crippen molar-refractivity contribution in [2.45, 2.75) is 27.2 Å². The lowest BCUT2D eigenvalue weighted by Crippen LogP contribution is -2.43. The predicted molar refractivity (Wildman–Crippen MR) is 134 cm³/mol. The summed E-state index contributed by atoms with van der Waals surface area (Å²) in [6, 6.07) is 3.22. The lowest BCUT2D eigenvalue weighted by Gasteiger charge is -2.25. The number of nitrogens with zero attached hydrogens (tertiary/aromatic N) is 4. The first-order valence-electron chi connectivity index (χ1n) is 11.4. The summed E-state index contributed by atoms with van der Waals surface area (Å²) in [5.74, 6) is -2.31. The number of carbonyl (C=O) groups is 2. The maximum Gasteiger partial charge on any atom is 0.428 e. The standard InChI is InChI=1S/C24H27F2N5O5S/c1-6-27-22(33)19-21(35-5)20(32)16(11-31(19)30(4)24(34)36-12-13(2)3)23-29-28-18(37-23)9-14-7-8-15(25)10-17(14)26/h7-8,10-11,13H,6,9,12H2,1-5H3,(H,27,33). The summed E-state index contributed by atoms with van der Waals surface area (Å²) in [7, 11) is 2.61. The third kappa shape index (κ3) is 6.28. The van der Waals surface area contributed by atoms with E-state index in [1.54, 1.807) is 6.92 Å². The van der Waals surface area contributed by atoms with Crippen LogP contribution in [0.25, 0.3) is 10.6 Å². The van der Waals surface area contributed by atoms with Crippen molar-refractivity contribution in [3.8, 4) is 16.3 Å². The molecule has 0 aliphatic carbocycles. The monoisotopic (exact) mass is 535 g/mol. The van der Waals surface area contributed by atoms with E-state index in [4.69, 9.17) is 9.47 Å². The molecule has 0 bridgehead atoms. The summed E-state index contributed by atoms with van der Waals surface area (Å²) >= 11 is 1.01. The fourth-order valence-corrected chi connectivity index (χ4v) is 4.16. The summed E-state index contributed by atoms with van der Waals surface area (Å²) < 4.78 is 39.1. The Bertz CT molecular complexity index is 1360. The number of amides is 2. The van der Waals surface area contributed by atoms with E-state index in [0.717, 1.165) is 33.2 Å². The first kappa shape index (κ1) is 27.7. The van der Waals surface area contributed by atoms with Gasteiger partial charge in [-0.15, -0.1) is 10.2 Å². The van der Waals surface area contributed by atoms with E-state index < -0.39 is 29.1 Å². The Kier molecular flexibility index (Phi) is 8.92. The van der Waals surface area contributed by atoms with Crippen LogP contribution >= 0.6 is 11.3 Å². The smallest absolute Gasteiger partial charge is 0.428 e. The van der Waals surface area contributed by atoms with Crippen LogP contribution in [0.3, 0.4) is 0 Å². The highest BCUT2D eigenvalue weighted by molar-refractivity contribution is 7.14. The molecule has 0 saturated carbocycles. The summed E-state index contributed by atoms with van der Waals surface area (Å²) in [5.41, 5.74) is -0.658. The van der Waals surface area contributed by atoms with Crippen molar-refractivity contribution in [2.24, 2.45) is 5.92 Å². The molecule has 198 valence electrons. The van der Waals surface area contributed by atoms with E-state index in [2.05, 4.69) is 15.5 Å². The summed E-state index contributed by atoms with van der Waals surface area (Å²) in [5, 5.41) is 12.2. The zero-order valence-corrected chi connectivity index (χ0v) is 21.8. The molecule has 0 atom stereocenters. The highest BCUT2D eigenvalue weighted by Gasteiger charge is 2.28. The maximum atomic E-state index is 14.1. The molecule has 1 N–H and O–H groups in total. The van der Waals surface area contributed by atoms with Gasteiger partial charge in [-0.25, -0.2) is 23.3 Å². The van der Waals surface area contributed by atoms with Crippen molar-refractivity contribution < 1.29 is 27.8 Å². The molecule has 0 unspecified atom stereocenters. The highest BCUT2D eigenvalue weighted by Crippen LogP contribution is 2.27. The fraction of sp³-hybridized carbons (Fsp3) is 0.375. The molecule has 0 fully saturated rings. The second-order valence-electron chi connectivity index (χ2n) is 8.37. The second kappa shape index (κ2) is 11.9. The van der Waals surface area contributed by atoms with Gasteiger partial charge in [-0.05, 0) is 24.5 Å². The van der Waals surface area contributed by atoms with Gasteiger partial charge in [0.15, 0.2) is 16.5 Å². The van der Waals surface area contributed by atoms with Crippen LogP contribution in [-0.2, 0) is 11.2 Å². The Labute approximate surface area is 215 Å². The summed E-state index contributed by atoms with van der Waals surface area (Å²) in [6.07, 6.45) is 0.531. The largest absolute Gasteiger partial charge is 0.491 e. The molecule has 0 saturated heterocycles. The molecule has 0 spiro atoms. The average Bonchev–Trinajstić information content (AvgIpc) is 3.31. The fourth-order valence-electron chi connectivity index (χ4n) is 3.29. The van der Waals surface area contributed by atoms with Crippen LogP contribution in [0.1, 0.15) is 41.8 Å². The third-order valence-electron chi connectivity index (χ3n) is 5.08. The van der Waals surface area contributed by atoms with Crippen LogP contribution in [0, 0.1) is 17.6 Å². The zero-order chi connectivity index (χ0) is 27.3. The molecule has 0 radical (unpaired) electrons. The predicted octanol–water partition coefficient (Wildman–Crippen LogP) is 3.35. The van der Waals surface area contributed by atoms with Crippen LogP contribution in [0.2, 0.25) is 0 Å². The number of rotatable bonds is 9. The van der Waals surface area contributed by atoms with Gasteiger partial charge in [0, 0.05) is 32.3 Å². The lowest BCUT2D eigenvalue weighted by molar-refractivity contribution is 0.0940. The van der Waals surface area contributed by atoms with Crippen molar-refractivity contribution >= 4 is 23.3 Å². The number of methoxy groups -OCH3 is 1. The van der Waals surface area contributed by atoms with Gasteiger partial charge in [0.1, 0.15) is 16.6 Å². The van der Waals surface area contributed by atoms with Gasteiger partial charge in [-0.2, -0.15) is 0 Å². The SMILES string of the molecule is CCNC(=O)c1c(OC)c(=O)c(-c2nnc(Cc3ccc(F)cc3F)s2)cn1N(C)C(=O)OCC(C)C.